The first-order valence-electron chi connectivity index (χ1n) is 7.89. The zero-order valence-corrected chi connectivity index (χ0v) is 12.8. The molecule has 2 amide bonds. The molecule has 0 aromatic heterocycles. The molecular weight excluding hydrogens is 240 g/mol. The van der Waals surface area contributed by atoms with Crippen LogP contribution in [0.25, 0.3) is 0 Å². The summed E-state index contributed by atoms with van der Waals surface area (Å²) in [5.41, 5.74) is 0. The number of hydrogen-bond acceptors (Lipinski definition) is 2. The van der Waals surface area contributed by atoms with Crippen LogP contribution in [-0.2, 0) is 0 Å². The van der Waals surface area contributed by atoms with Gasteiger partial charge in [-0.25, -0.2) is 4.79 Å². The SMILES string of the molecule is CCCCCCNC(=O)N(CCO)CCCCCC. The van der Waals surface area contributed by atoms with Crippen LogP contribution in [0.1, 0.15) is 65.2 Å². The number of urea groups is 1. The lowest BCUT2D eigenvalue weighted by atomic mass is 10.2. The minimum Gasteiger partial charge on any atom is -0.395 e. The summed E-state index contributed by atoms with van der Waals surface area (Å²) in [5.74, 6) is 0. The topological polar surface area (TPSA) is 52.6 Å². The molecule has 0 aliphatic carbocycles. The first kappa shape index (κ1) is 18.2. The Morgan fingerprint density at radius 3 is 2.16 bits per heavy atom. The maximum Gasteiger partial charge on any atom is 0.317 e. The lowest BCUT2D eigenvalue weighted by Gasteiger charge is -2.22. The molecule has 0 unspecified atom stereocenters. The molecule has 0 rings (SSSR count). The van der Waals surface area contributed by atoms with Crippen LogP contribution in [0.2, 0.25) is 0 Å². The average Bonchev–Trinajstić information content (AvgIpc) is 2.42. The molecule has 4 heteroatoms. The molecule has 0 radical (unpaired) electrons. The standard InChI is InChI=1S/C15H32N2O2/c1-3-5-7-9-11-16-15(19)17(13-14-18)12-10-8-6-4-2/h18H,3-14H2,1-2H3,(H,16,19). The summed E-state index contributed by atoms with van der Waals surface area (Å²) in [6.07, 6.45) is 9.25. The van der Waals surface area contributed by atoms with Crippen molar-refractivity contribution in [3.05, 3.63) is 0 Å². The fraction of sp³-hybridized carbons (Fsp3) is 0.933. The Kier molecular flexibility index (Phi) is 13.1. The van der Waals surface area contributed by atoms with Crippen molar-refractivity contribution in [2.24, 2.45) is 0 Å². The monoisotopic (exact) mass is 272 g/mol. The van der Waals surface area contributed by atoms with Gasteiger partial charge in [0.15, 0.2) is 0 Å². The molecule has 0 spiro atoms. The van der Waals surface area contributed by atoms with Gasteiger partial charge in [0.25, 0.3) is 0 Å². The number of rotatable bonds is 12. The molecule has 0 saturated heterocycles. The van der Waals surface area contributed by atoms with Gasteiger partial charge in [0.1, 0.15) is 0 Å². The number of carbonyl (C=O) groups is 1. The van der Waals surface area contributed by atoms with Crippen LogP contribution >= 0.6 is 0 Å². The average molecular weight is 272 g/mol. The van der Waals surface area contributed by atoms with Crippen molar-refractivity contribution in [3.63, 3.8) is 0 Å². The molecule has 19 heavy (non-hydrogen) atoms. The highest BCUT2D eigenvalue weighted by Gasteiger charge is 2.11. The van der Waals surface area contributed by atoms with Gasteiger partial charge in [-0.05, 0) is 12.8 Å². The van der Waals surface area contributed by atoms with Crippen LogP contribution in [0.4, 0.5) is 4.79 Å². The summed E-state index contributed by atoms with van der Waals surface area (Å²) < 4.78 is 0. The van der Waals surface area contributed by atoms with E-state index in [4.69, 9.17) is 5.11 Å². The predicted octanol–water partition coefficient (Wildman–Crippen LogP) is 3.15. The van der Waals surface area contributed by atoms with E-state index in [-0.39, 0.29) is 12.6 Å². The third kappa shape index (κ3) is 10.8. The van der Waals surface area contributed by atoms with Crippen molar-refractivity contribution in [2.75, 3.05) is 26.2 Å². The lowest BCUT2D eigenvalue weighted by Crippen LogP contribution is -2.42. The first-order chi connectivity index (χ1) is 9.26. The largest absolute Gasteiger partial charge is 0.395 e. The van der Waals surface area contributed by atoms with Crippen molar-refractivity contribution in [3.8, 4) is 0 Å². The zero-order chi connectivity index (χ0) is 14.3. The normalized spacial score (nSPS) is 10.5. The third-order valence-corrected chi connectivity index (χ3v) is 3.25. The smallest absolute Gasteiger partial charge is 0.317 e. The second-order valence-electron chi connectivity index (χ2n) is 5.06. The molecule has 0 fully saturated rings. The quantitative estimate of drug-likeness (QED) is 0.536. The minimum atomic E-state index is -0.0259. The highest BCUT2D eigenvalue weighted by molar-refractivity contribution is 5.74. The molecule has 0 aromatic rings. The second-order valence-corrected chi connectivity index (χ2v) is 5.06. The number of aliphatic hydroxyl groups excluding tert-OH is 1. The molecule has 0 bridgehead atoms. The van der Waals surface area contributed by atoms with E-state index in [2.05, 4.69) is 19.2 Å². The van der Waals surface area contributed by atoms with Crippen LogP contribution in [-0.4, -0.2) is 42.3 Å². The van der Waals surface area contributed by atoms with Gasteiger partial charge < -0.3 is 15.3 Å². The molecule has 2 N–H and O–H groups in total. The van der Waals surface area contributed by atoms with E-state index in [9.17, 15) is 4.79 Å². The molecule has 0 aromatic carbocycles. The molecule has 4 nitrogen and oxygen atoms in total. The van der Waals surface area contributed by atoms with E-state index in [0.29, 0.717) is 6.54 Å². The molecule has 0 aliphatic rings. The van der Waals surface area contributed by atoms with Gasteiger partial charge in [-0.1, -0.05) is 52.4 Å². The molecule has 0 heterocycles. The van der Waals surface area contributed by atoms with Crippen molar-refractivity contribution in [2.45, 2.75) is 65.2 Å². The second kappa shape index (κ2) is 13.7. The maximum atomic E-state index is 11.9. The fourth-order valence-electron chi connectivity index (χ4n) is 2.02. The summed E-state index contributed by atoms with van der Waals surface area (Å²) in [6.45, 7) is 6.33. The number of unbranched alkanes of at least 4 members (excludes halogenated alkanes) is 6. The Morgan fingerprint density at radius 2 is 1.58 bits per heavy atom. The summed E-state index contributed by atoms with van der Waals surface area (Å²) in [5, 5.41) is 12.0. The molecule has 0 aliphatic heterocycles. The minimum absolute atomic E-state index is 0.0259. The van der Waals surface area contributed by atoms with E-state index in [1.165, 1.54) is 32.1 Å². The summed E-state index contributed by atoms with van der Waals surface area (Å²) in [4.78, 5) is 13.7. The van der Waals surface area contributed by atoms with E-state index in [1.54, 1.807) is 4.90 Å². The van der Waals surface area contributed by atoms with Gasteiger partial charge in [0.2, 0.25) is 0 Å². The van der Waals surface area contributed by atoms with Crippen LogP contribution in [0, 0.1) is 0 Å². The number of hydrogen-bond donors (Lipinski definition) is 2. The summed E-state index contributed by atoms with van der Waals surface area (Å²) >= 11 is 0. The molecule has 0 atom stereocenters. The Balaban J connectivity index is 3.76. The fourth-order valence-corrected chi connectivity index (χ4v) is 2.02. The number of nitrogens with zero attached hydrogens (tertiary/aromatic N) is 1. The van der Waals surface area contributed by atoms with Gasteiger partial charge in [-0.3, -0.25) is 0 Å². The van der Waals surface area contributed by atoms with Crippen LogP contribution < -0.4 is 5.32 Å². The van der Waals surface area contributed by atoms with Crippen molar-refractivity contribution in [1.82, 2.24) is 10.2 Å². The van der Waals surface area contributed by atoms with Crippen molar-refractivity contribution in [1.29, 1.82) is 0 Å². The highest BCUT2D eigenvalue weighted by Crippen LogP contribution is 2.02. The number of nitrogens with one attached hydrogen (secondary N) is 1. The molecule has 0 saturated carbocycles. The van der Waals surface area contributed by atoms with E-state index in [1.807, 2.05) is 0 Å². The zero-order valence-electron chi connectivity index (χ0n) is 12.8. The first-order valence-corrected chi connectivity index (χ1v) is 7.89. The van der Waals surface area contributed by atoms with Crippen LogP contribution in [0.5, 0.6) is 0 Å². The van der Waals surface area contributed by atoms with Gasteiger partial charge >= 0.3 is 6.03 Å². The Labute approximate surface area is 118 Å². The molecule has 114 valence electrons. The Bertz CT molecular complexity index is 210. The van der Waals surface area contributed by atoms with Gasteiger partial charge in [-0.2, -0.15) is 0 Å². The van der Waals surface area contributed by atoms with Crippen LogP contribution in [0.15, 0.2) is 0 Å². The Morgan fingerprint density at radius 1 is 0.947 bits per heavy atom. The van der Waals surface area contributed by atoms with Crippen molar-refractivity contribution < 1.29 is 9.90 Å². The van der Waals surface area contributed by atoms with Crippen LogP contribution in [0.3, 0.4) is 0 Å². The lowest BCUT2D eigenvalue weighted by molar-refractivity contribution is 0.175. The van der Waals surface area contributed by atoms with Crippen molar-refractivity contribution >= 4 is 6.03 Å². The number of aliphatic hydroxyl groups is 1. The summed E-state index contributed by atoms with van der Waals surface area (Å²) in [7, 11) is 0. The van der Waals surface area contributed by atoms with Gasteiger partial charge in [0, 0.05) is 19.6 Å². The number of amides is 2. The third-order valence-electron chi connectivity index (χ3n) is 3.25. The van der Waals surface area contributed by atoms with E-state index in [0.717, 1.165) is 32.4 Å². The summed E-state index contributed by atoms with van der Waals surface area (Å²) in [6, 6.07) is -0.0259. The van der Waals surface area contributed by atoms with E-state index >= 15 is 0 Å². The maximum absolute atomic E-state index is 11.9. The Hall–Kier alpha value is -0.770. The molecular formula is C15H32N2O2. The van der Waals surface area contributed by atoms with Gasteiger partial charge in [0.05, 0.1) is 6.61 Å². The number of carbonyl (C=O) groups excluding carboxylic acids is 1. The van der Waals surface area contributed by atoms with E-state index < -0.39 is 0 Å². The highest BCUT2D eigenvalue weighted by atomic mass is 16.3. The van der Waals surface area contributed by atoms with Gasteiger partial charge in [-0.15, -0.1) is 0 Å². The predicted molar refractivity (Wildman–Crippen MR) is 80.3 cm³/mol.